The summed E-state index contributed by atoms with van der Waals surface area (Å²) in [6, 6.07) is 23.9. The number of ketones is 1. The molecule has 0 N–H and O–H groups in total. The van der Waals surface area contributed by atoms with Gasteiger partial charge in [-0.25, -0.2) is 0 Å². The highest BCUT2D eigenvalue weighted by Crippen LogP contribution is 2.23. The van der Waals surface area contributed by atoms with Crippen molar-refractivity contribution in [3.63, 3.8) is 0 Å². The summed E-state index contributed by atoms with van der Waals surface area (Å²) in [5.41, 5.74) is 3.85. The number of carbonyl (C=O) groups excluding carboxylic acids is 1. The summed E-state index contributed by atoms with van der Waals surface area (Å²) in [5.74, 6) is 1.78. The number of ether oxygens (including phenoxy) is 2. The summed E-state index contributed by atoms with van der Waals surface area (Å²) in [4.78, 5) is 12.7. The molecule has 3 heteroatoms. The molecule has 0 aromatic heterocycles. The molecule has 3 rings (SSSR count). The molecule has 0 saturated heterocycles. The van der Waals surface area contributed by atoms with Crippen LogP contribution in [0.25, 0.3) is 17.2 Å². The topological polar surface area (TPSA) is 35.5 Å². The van der Waals surface area contributed by atoms with Crippen LogP contribution in [-0.2, 0) is 0 Å². The summed E-state index contributed by atoms with van der Waals surface area (Å²) in [6.07, 6.45) is 24.8. The van der Waals surface area contributed by atoms with Gasteiger partial charge in [-0.3, -0.25) is 4.79 Å². The van der Waals surface area contributed by atoms with E-state index in [1.807, 2.05) is 66.7 Å². The van der Waals surface area contributed by atoms with E-state index in [1.54, 1.807) is 6.08 Å². The first-order valence-corrected chi connectivity index (χ1v) is 17.5. The molecule has 0 aliphatic carbocycles. The molecule has 3 nitrogen and oxygen atoms in total. The molecule has 44 heavy (non-hydrogen) atoms. The van der Waals surface area contributed by atoms with Gasteiger partial charge in [0.2, 0.25) is 0 Å². The number of rotatable bonds is 24. The van der Waals surface area contributed by atoms with Gasteiger partial charge in [0, 0.05) is 5.56 Å². The Labute approximate surface area is 268 Å². The Balaban J connectivity index is 1.27. The van der Waals surface area contributed by atoms with Crippen molar-refractivity contribution in [3.8, 4) is 22.6 Å². The summed E-state index contributed by atoms with van der Waals surface area (Å²) in [6.45, 7) is 5.95. The number of hydrogen-bond acceptors (Lipinski definition) is 3. The van der Waals surface area contributed by atoms with Gasteiger partial charge >= 0.3 is 0 Å². The van der Waals surface area contributed by atoms with Gasteiger partial charge in [-0.05, 0) is 59.9 Å². The van der Waals surface area contributed by atoms with Gasteiger partial charge in [-0.15, -0.1) is 0 Å². The van der Waals surface area contributed by atoms with Crippen LogP contribution in [0.4, 0.5) is 0 Å². The molecule has 0 saturated carbocycles. The van der Waals surface area contributed by atoms with Crippen molar-refractivity contribution < 1.29 is 14.3 Å². The predicted octanol–water partition coefficient (Wildman–Crippen LogP) is 12.3. The smallest absolute Gasteiger partial charge is 0.185 e. The van der Waals surface area contributed by atoms with Crippen LogP contribution >= 0.6 is 0 Å². The molecule has 0 amide bonds. The average Bonchev–Trinajstić information content (AvgIpc) is 3.06. The molecule has 3 aromatic rings. The Morgan fingerprint density at radius 2 is 0.909 bits per heavy atom. The molecule has 0 bridgehead atoms. The summed E-state index contributed by atoms with van der Waals surface area (Å²) < 4.78 is 11.7. The van der Waals surface area contributed by atoms with Gasteiger partial charge in [0.25, 0.3) is 0 Å². The fourth-order valence-corrected chi connectivity index (χ4v) is 5.33. The van der Waals surface area contributed by atoms with E-state index in [4.69, 9.17) is 9.47 Å². The van der Waals surface area contributed by atoms with E-state index in [0.29, 0.717) is 5.56 Å². The molecule has 0 radical (unpaired) electrons. The number of allylic oxidation sites excluding steroid dienone is 1. The highest BCUT2D eigenvalue weighted by Gasteiger charge is 2.04. The zero-order valence-corrected chi connectivity index (χ0v) is 27.5. The second kappa shape index (κ2) is 22.2. The number of carbonyl (C=O) groups is 1. The molecule has 0 aliphatic rings. The Kier molecular flexibility index (Phi) is 17.8. The van der Waals surface area contributed by atoms with Crippen LogP contribution in [0.15, 0.2) is 78.9 Å². The molecule has 0 unspecified atom stereocenters. The van der Waals surface area contributed by atoms with Crippen molar-refractivity contribution in [1.29, 1.82) is 0 Å². The third-order valence-electron chi connectivity index (χ3n) is 8.20. The molecular weight excluding hydrogens is 540 g/mol. The van der Waals surface area contributed by atoms with Crippen molar-refractivity contribution in [1.82, 2.24) is 0 Å². The van der Waals surface area contributed by atoms with Crippen LogP contribution in [0.3, 0.4) is 0 Å². The van der Waals surface area contributed by atoms with Crippen molar-refractivity contribution in [2.45, 2.75) is 117 Å². The SMILES string of the molecule is CCCCCCCCCCCCCCCCOc1ccc(/C=C/C(=O)c2ccc(-c3ccc(OCCCC)cc3)cc2)cc1. The monoisotopic (exact) mass is 596 g/mol. The summed E-state index contributed by atoms with van der Waals surface area (Å²) in [7, 11) is 0. The molecule has 238 valence electrons. The van der Waals surface area contributed by atoms with Crippen LogP contribution in [0, 0.1) is 0 Å². The third kappa shape index (κ3) is 14.4. The lowest BCUT2D eigenvalue weighted by molar-refractivity contribution is 0.104. The first-order valence-electron chi connectivity index (χ1n) is 17.5. The Morgan fingerprint density at radius 1 is 0.500 bits per heavy atom. The zero-order valence-electron chi connectivity index (χ0n) is 27.5. The summed E-state index contributed by atoms with van der Waals surface area (Å²) in [5, 5.41) is 0. The van der Waals surface area contributed by atoms with Crippen LogP contribution < -0.4 is 9.47 Å². The average molecular weight is 597 g/mol. The van der Waals surface area contributed by atoms with Crippen LogP contribution in [0.5, 0.6) is 11.5 Å². The van der Waals surface area contributed by atoms with Crippen molar-refractivity contribution in [3.05, 3.63) is 90.0 Å². The molecule has 0 aliphatic heterocycles. The maximum Gasteiger partial charge on any atom is 0.185 e. The minimum absolute atomic E-state index is 0.00523. The largest absolute Gasteiger partial charge is 0.494 e. The fraction of sp³-hybridized carbons (Fsp3) is 0.488. The van der Waals surface area contributed by atoms with E-state index in [2.05, 4.69) is 26.0 Å². The molecule has 0 fully saturated rings. The molecule has 0 atom stereocenters. The highest BCUT2D eigenvalue weighted by atomic mass is 16.5. The lowest BCUT2D eigenvalue weighted by atomic mass is 10.0. The number of unbranched alkanes of at least 4 members (excludes halogenated alkanes) is 14. The minimum Gasteiger partial charge on any atom is -0.494 e. The summed E-state index contributed by atoms with van der Waals surface area (Å²) >= 11 is 0. The first kappa shape index (κ1) is 35.2. The maximum atomic E-state index is 12.7. The van der Waals surface area contributed by atoms with Crippen molar-refractivity contribution >= 4 is 11.9 Å². The molecule has 3 aromatic carbocycles. The number of benzene rings is 3. The molecule has 0 spiro atoms. The van der Waals surface area contributed by atoms with E-state index in [1.165, 1.54) is 83.5 Å². The standard InChI is InChI=1S/C41H56O3/c1-3-5-7-8-9-10-11-12-13-14-15-16-17-18-34-44-39-28-19-35(20-29-39)21-32-41(42)38-24-22-36(23-25-38)37-26-30-40(31-27-37)43-33-6-4-2/h19-32H,3-18,33-34H2,1-2H3/b32-21+. The highest BCUT2D eigenvalue weighted by molar-refractivity contribution is 6.07. The second-order valence-electron chi connectivity index (χ2n) is 12.0. The first-order chi connectivity index (χ1) is 21.7. The minimum atomic E-state index is -0.00523. The fourth-order valence-electron chi connectivity index (χ4n) is 5.33. The van der Waals surface area contributed by atoms with Gasteiger partial charge in [0.15, 0.2) is 5.78 Å². The molecule has 0 heterocycles. The third-order valence-corrected chi connectivity index (χ3v) is 8.20. The Hall–Kier alpha value is -3.33. The Bertz CT molecular complexity index is 1180. The molecular formula is C41H56O3. The number of hydrogen-bond donors (Lipinski definition) is 0. The zero-order chi connectivity index (χ0) is 31.1. The van der Waals surface area contributed by atoms with Gasteiger partial charge in [0.05, 0.1) is 13.2 Å². The Morgan fingerprint density at radius 3 is 1.41 bits per heavy atom. The van der Waals surface area contributed by atoms with Crippen LogP contribution in [-0.4, -0.2) is 19.0 Å². The van der Waals surface area contributed by atoms with E-state index >= 15 is 0 Å². The lowest BCUT2D eigenvalue weighted by Crippen LogP contribution is -1.97. The van der Waals surface area contributed by atoms with Gasteiger partial charge in [0.1, 0.15) is 11.5 Å². The van der Waals surface area contributed by atoms with Crippen LogP contribution in [0.2, 0.25) is 0 Å². The second-order valence-corrected chi connectivity index (χ2v) is 12.0. The van der Waals surface area contributed by atoms with Crippen molar-refractivity contribution in [2.75, 3.05) is 13.2 Å². The van der Waals surface area contributed by atoms with Gasteiger partial charge in [-0.1, -0.05) is 158 Å². The quantitative estimate of drug-likeness (QED) is 0.0586. The van der Waals surface area contributed by atoms with E-state index in [0.717, 1.165) is 60.7 Å². The lowest BCUT2D eigenvalue weighted by Gasteiger charge is -2.07. The predicted molar refractivity (Wildman–Crippen MR) is 188 cm³/mol. The van der Waals surface area contributed by atoms with E-state index in [-0.39, 0.29) is 5.78 Å². The van der Waals surface area contributed by atoms with E-state index < -0.39 is 0 Å². The normalized spacial score (nSPS) is 11.2. The van der Waals surface area contributed by atoms with Gasteiger partial charge in [-0.2, -0.15) is 0 Å². The van der Waals surface area contributed by atoms with Crippen LogP contribution in [0.1, 0.15) is 133 Å². The van der Waals surface area contributed by atoms with Crippen molar-refractivity contribution in [2.24, 2.45) is 0 Å². The van der Waals surface area contributed by atoms with E-state index in [9.17, 15) is 4.79 Å². The van der Waals surface area contributed by atoms with Gasteiger partial charge < -0.3 is 9.47 Å². The maximum absolute atomic E-state index is 12.7.